The molecule has 7 aromatic rings. The van der Waals surface area contributed by atoms with E-state index < -0.39 is 0 Å². The van der Waals surface area contributed by atoms with Crippen LogP contribution in [0.1, 0.15) is 18.1 Å². The summed E-state index contributed by atoms with van der Waals surface area (Å²) in [7, 11) is 1.95. The molecule has 0 fully saturated rings. The van der Waals surface area contributed by atoms with Crippen LogP contribution in [0, 0.1) is 0 Å². The molecule has 0 saturated carbocycles. The van der Waals surface area contributed by atoms with Crippen LogP contribution in [0.2, 0.25) is 0 Å². The summed E-state index contributed by atoms with van der Waals surface area (Å²) in [5, 5.41) is 4.30. The van der Waals surface area contributed by atoms with E-state index >= 15 is 0 Å². The Morgan fingerprint density at radius 1 is 0.725 bits per heavy atom. The Balaban J connectivity index is 1.32. The van der Waals surface area contributed by atoms with E-state index in [9.17, 15) is 0 Å². The van der Waals surface area contributed by atoms with Crippen LogP contribution in [0.3, 0.4) is 0 Å². The van der Waals surface area contributed by atoms with Crippen LogP contribution >= 0.6 is 0 Å². The lowest BCUT2D eigenvalue weighted by Crippen LogP contribution is -2.12. The predicted molar refractivity (Wildman–Crippen MR) is 214 cm³/mol. The number of ether oxygens (including phenoxy) is 1. The molecule has 1 aliphatic heterocycles. The lowest BCUT2D eigenvalue weighted by atomic mass is 9.98. The van der Waals surface area contributed by atoms with Crippen LogP contribution in [0.5, 0.6) is 11.5 Å². The first kappa shape index (κ1) is 31.5. The lowest BCUT2D eigenvalue weighted by Gasteiger charge is -2.30. The Hall–Kier alpha value is -6.79. The van der Waals surface area contributed by atoms with Gasteiger partial charge in [0.1, 0.15) is 11.5 Å². The Bertz CT molecular complexity index is 2500. The average molecular weight is 662 g/mol. The Morgan fingerprint density at radius 2 is 1.45 bits per heavy atom. The number of para-hydroxylation sites is 3. The van der Waals surface area contributed by atoms with Gasteiger partial charge in [-0.05, 0) is 97.6 Å². The molecule has 0 atom stereocenters. The van der Waals surface area contributed by atoms with Crippen molar-refractivity contribution in [2.24, 2.45) is 4.99 Å². The molecular formula is C45H35N5O. The highest BCUT2D eigenvalue weighted by Crippen LogP contribution is 2.48. The summed E-state index contributed by atoms with van der Waals surface area (Å²) in [5.74, 6) is 2.20. The summed E-state index contributed by atoms with van der Waals surface area (Å²) in [6, 6.07) is 43.4. The van der Waals surface area contributed by atoms with Crippen LogP contribution < -0.4 is 15.0 Å². The van der Waals surface area contributed by atoms with Crippen LogP contribution in [-0.2, 0) is 0 Å². The number of aliphatic imine (C=N–C) groups is 1. The summed E-state index contributed by atoms with van der Waals surface area (Å²) in [6.45, 7) is 10.1. The summed E-state index contributed by atoms with van der Waals surface area (Å²) in [4.78, 5) is 16.9. The average Bonchev–Trinajstić information content (AvgIpc) is 3.18. The first-order valence-corrected chi connectivity index (χ1v) is 16.9. The second-order valence-corrected chi connectivity index (χ2v) is 12.2. The van der Waals surface area contributed by atoms with Crippen molar-refractivity contribution in [2.75, 3.05) is 17.3 Å². The Morgan fingerprint density at radius 3 is 2.22 bits per heavy atom. The molecule has 0 aliphatic carbocycles. The molecule has 0 saturated heterocycles. The van der Waals surface area contributed by atoms with Crippen molar-refractivity contribution >= 4 is 58.2 Å². The second-order valence-electron chi connectivity index (χ2n) is 12.2. The molecule has 246 valence electrons. The van der Waals surface area contributed by atoms with Crippen molar-refractivity contribution < 1.29 is 4.74 Å². The van der Waals surface area contributed by atoms with Crippen molar-refractivity contribution in [2.45, 2.75) is 6.92 Å². The number of hydrogen-bond acceptors (Lipinski definition) is 6. The fourth-order valence-corrected chi connectivity index (χ4v) is 6.85. The van der Waals surface area contributed by atoms with E-state index in [2.05, 4.69) is 107 Å². The molecule has 8 rings (SSSR count). The largest absolute Gasteiger partial charge is 0.456 e. The molecular weight excluding hydrogens is 627 g/mol. The zero-order chi connectivity index (χ0) is 34.9. The quantitative estimate of drug-likeness (QED) is 0.156. The number of anilines is 4. The molecule has 1 aromatic heterocycles. The van der Waals surface area contributed by atoms with Gasteiger partial charge in [0.2, 0.25) is 0 Å². The molecule has 1 N–H and O–H groups in total. The molecule has 6 aromatic carbocycles. The molecule has 0 bridgehead atoms. The predicted octanol–water partition coefficient (Wildman–Crippen LogP) is 12.3. The van der Waals surface area contributed by atoms with Gasteiger partial charge < -0.3 is 15.0 Å². The van der Waals surface area contributed by atoms with Gasteiger partial charge in [-0.15, -0.1) is 0 Å². The minimum atomic E-state index is 0.645. The highest BCUT2D eigenvalue weighted by Gasteiger charge is 2.24. The number of allylic oxidation sites excluding steroid dienone is 1. The third-order valence-corrected chi connectivity index (χ3v) is 9.22. The van der Waals surface area contributed by atoms with Gasteiger partial charge in [-0.25, -0.2) is 9.97 Å². The van der Waals surface area contributed by atoms with Crippen LogP contribution in [0.4, 0.5) is 28.4 Å². The first-order valence-electron chi connectivity index (χ1n) is 16.9. The van der Waals surface area contributed by atoms with Gasteiger partial charge in [-0.3, -0.25) is 4.99 Å². The molecule has 0 amide bonds. The van der Waals surface area contributed by atoms with Gasteiger partial charge in [0.05, 0.1) is 33.7 Å². The monoisotopic (exact) mass is 661 g/mol. The van der Waals surface area contributed by atoms with E-state index in [1.807, 2.05) is 80.7 Å². The molecule has 0 radical (unpaired) electrons. The van der Waals surface area contributed by atoms with E-state index in [1.165, 1.54) is 0 Å². The van der Waals surface area contributed by atoms with Gasteiger partial charge in [-0.2, -0.15) is 0 Å². The van der Waals surface area contributed by atoms with Crippen molar-refractivity contribution in [1.29, 1.82) is 0 Å². The van der Waals surface area contributed by atoms with Crippen molar-refractivity contribution in [3.63, 3.8) is 0 Å². The number of fused-ring (bicyclic) bond motifs is 2. The normalized spacial score (nSPS) is 11.6. The third kappa shape index (κ3) is 5.53. The first-order chi connectivity index (χ1) is 25.1. The second kappa shape index (κ2) is 13.3. The van der Waals surface area contributed by atoms with Gasteiger partial charge in [0.15, 0.2) is 5.82 Å². The molecule has 51 heavy (non-hydrogen) atoms. The molecule has 6 heteroatoms. The van der Waals surface area contributed by atoms with Gasteiger partial charge in [-0.1, -0.05) is 79.4 Å². The lowest BCUT2D eigenvalue weighted by molar-refractivity contribution is 0.486. The summed E-state index contributed by atoms with van der Waals surface area (Å²) in [6.07, 6.45) is 5.98. The standard InChI is InChI=1S/C45H35N5O/c1-5-14-31-28-40(38(47-4)27-29(31)6-2)50(39-20-11-8-16-34(39)33-15-7-10-18-36(33)46-3)32-25-23-30(24-26-32)45-48-37-19-13-22-42-43(37)44(49-45)35-17-9-12-21-41(35)51-42/h5-28,46H,2,4H2,1,3H3/b14-5-. The molecule has 2 heterocycles. The maximum atomic E-state index is 6.22. The third-order valence-electron chi connectivity index (χ3n) is 9.22. The van der Waals surface area contributed by atoms with E-state index in [4.69, 9.17) is 14.7 Å². The van der Waals surface area contributed by atoms with Crippen molar-refractivity contribution in [3.05, 3.63) is 151 Å². The maximum Gasteiger partial charge on any atom is 0.160 e. The zero-order valence-corrected chi connectivity index (χ0v) is 28.5. The number of benzene rings is 6. The minimum absolute atomic E-state index is 0.645. The number of rotatable bonds is 9. The number of hydrogen-bond donors (Lipinski definition) is 1. The van der Waals surface area contributed by atoms with Gasteiger partial charge in [0, 0.05) is 40.7 Å². The highest BCUT2D eigenvalue weighted by molar-refractivity contribution is 6.01. The smallest absolute Gasteiger partial charge is 0.160 e. The SMILES string of the molecule is C=Cc1cc(N=C)c(N(c2ccc(-c3nc4c5c(cccc5n3)Oc3ccccc3-4)cc2)c2ccccc2-c2ccccc2NC)cc1/C=C\C. The zero-order valence-electron chi connectivity index (χ0n) is 28.5. The maximum absolute atomic E-state index is 6.22. The van der Waals surface area contributed by atoms with E-state index in [0.29, 0.717) is 5.82 Å². The van der Waals surface area contributed by atoms with E-state index in [0.717, 1.165) is 89.9 Å². The molecule has 1 aliphatic rings. The van der Waals surface area contributed by atoms with E-state index in [-0.39, 0.29) is 0 Å². The van der Waals surface area contributed by atoms with Crippen LogP contribution in [0.15, 0.2) is 145 Å². The van der Waals surface area contributed by atoms with Crippen LogP contribution in [-0.4, -0.2) is 23.7 Å². The summed E-state index contributed by atoms with van der Waals surface area (Å²) in [5.41, 5.74) is 12.3. The summed E-state index contributed by atoms with van der Waals surface area (Å²) >= 11 is 0. The fourth-order valence-electron chi connectivity index (χ4n) is 6.85. The van der Waals surface area contributed by atoms with Gasteiger partial charge in [0.25, 0.3) is 0 Å². The molecule has 0 unspecified atom stereocenters. The molecule has 0 spiro atoms. The van der Waals surface area contributed by atoms with Gasteiger partial charge >= 0.3 is 0 Å². The number of aromatic nitrogens is 2. The number of nitrogens with one attached hydrogen (secondary N) is 1. The highest BCUT2D eigenvalue weighted by atomic mass is 16.5. The minimum Gasteiger partial charge on any atom is -0.456 e. The fraction of sp³-hybridized carbons (Fsp3) is 0.0444. The van der Waals surface area contributed by atoms with Crippen molar-refractivity contribution in [3.8, 4) is 45.3 Å². The van der Waals surface area contributed by atoms with E-state index in [1.54, 1.807) is 0 Å². The summed E-state index contributed by atoms with van der Waals surface area (Å²) < 4.78 is 6.22. The Labute approximate surface area is 297 Å². The van der Waals surface area contributed by atoms with Crippen LogP contribution in [0.25, 0.3) is 56.8 Å². The molecule has 6 nitrogen and oxygen atoms in total. The van der Waals surface area contributed by atoms with Crippen molar-refractivity contribution in [1.82, 2.24) is 9.97 Å². The topological polar surface area (TPSA) is 62.6 Å². The Kier molecular flexibility index (Phi) is 8.18. The number of nitrogens with zero attached hydrogens (tertiary/aromatic N) is 4.